The fourth-order valence-corrected chi connectivity index (χ4v) is 2.16. The molecule has 0 atom stereocenters. The van der Waals surface area contributed by atoms with Crippen LogP contribution in [0.5, 0.6) is 11.5 Å². The first-order chi connectivity index (χ1) is 9.72. The van der Waals surface area contributed by atoms with Crippen molar-refractivity contribution in [3.05, 3.63) is 71.8 Å². The van der Waals surface area contributed by atoms with Crippen molar-refractivity contribution in [2.24, 2.45) is 0 Å². The van der Waals surface area contributed by atoms with Gasteiger partial charge in [0.25, 0.3) is 0 Å². The summed E-state index contributed by atoms with van der Waals surface area (Å²) in [4.78, 5) is 0. The SMILES string of the molecule is Oc1ccc(/C=C/c2ccc3cccc(O)c3c2)cc1. The summed E-state index contributed by atoms with van der Waals surface area (Å²) in [5.74, 6) is 0.556. The summed E-state index contributed by atoms with van der Waals surface area (Å²) in [5, 5.41) is 21.0. The highest BCUT2D eigenvalue weighted by molar-refractivity contribution is 5.90. The molecule has 2 N–H and O–H groups in total. The standard InChI is InChI=1S/C18H14O2/c19-16-10-7-13(8-11-16)4-5-14-6-9-15-2-1-3-18(20)17(15)12-14/h1-12,19-20H/b5-4+. The molecule has 0 heterocycles. The van der Waals surface area contributed by atoms with Crippen molar-refractivity contribution in [2.75, 3.05) is 0 Å². The van der Waals surface area contributed by atoms with Gasteiger partial charge in [0.05, 0.1) is 0 Å². The van der Waals surface area contributed by atoms with Crippen LogP contribution in [0.2, 0.25) is 0 Å². The van der Waals surface area contributed by atoms with Gasteiger partial charge in [-0.1, -0.05) is 48.6 Å². The van der Waals surface area contributed by atoms with Crippen LogP contribution >= 0.6 is 0 Å². The lowest BCUT2D eigenvalue weighted by atomic mass is 10.1. The predicted molar refractivity (Wildman–Crippen MR) is 82.6 cm³/mol. The number of fused-ring (bicyclic) bond motifs is 1. The lowest BCUT2D eigenvalue weighted by Gasteiger charge is -2.02. The maximum Gasteiger partial charge on any atom is 0.123 e. The average molecular weight is 262 g/mol. The average Bonchev–Trinajstić information content (AvgIpc) is 2.47. The molecule has 0 fully saturated rings. The zero-order chi connectivity index (χ0) is 13.9. The monoisotopic (exact) mass is 262 g/mol. The molecule has 0 amide bonds. The molecule has 0 spiro atoms. The summed E-state index contributed by atoms with van der Waals surface area (Å²) >= 11 is 0. The second-order valence-corrected chi connectivity index (χ2v) is 4.68. The Morgan fingerprint density at radius 3 is 2.20 bits per heavy atom. The van der Waals surface area contributed by atoms with Crippen molar-refractivity contribution >= 4 is 22.9 Å². The molecule has 0 saturated heterocycles. The Morgan fingerprint density at radius 2 is 1.40 bits per heavy atom. The number of aromatic hydroxyl groups is 2. The molecule has 2 heteroatoms. The van der Waals surface area contributed by atoms with Gasteiger partial charge < -0.3 is 10.2 Å². The van der Waals surface area contributed by atoms with E-state index in [0.717, 1.165) is 21.9 Å². The van der Waals surface area contributed by atoms with Gasteiger partial charge in [-0.2, -0.15) is 0 Å². The third-order valence-electron chi connectivity index (χ3n) is 3.24. The van der Waals surface area contributed by atoms with E-state index < -0.39 is 0 Å². The van der Waals surface area contributed by atoms with Crippen molar-refractivity contribution in [2.45, 2.75) is 0 Å². The Labute approximate surface area is 117 Å². The molecule has 0 aromatic heterocycles. The van der Waals surface area contributed by atoms with Gasteiger partial charge >= 0.3 is 0 Å². The minimum absolute atomic E-state index is 0.262. The van der Waals surface area contributed by atoms with E-state index in [-0.39, 0.29) is 5.75 Å². The van der Waals surface area contributed by atoms with E-state index in [1.807, 2.05) is 54.6 Å². The largest absolute Gasteiger partial charge is 0.508 e. The van der Waals surface area contributed by atoms with Crippen LogP contribution in [0, 0.1) is 0 Å². The number of phenols is 2. The summed E-state index contributed by atoms with van der Waals surface area (Å²) in [7, 11) is 0. The van der Waals surface area contributed by atoms with Crippen LogP contribution in [0.25, 0.3) is 22.9 Å². The molecule has 98 valence electrons. The smallest absolute Gasteiger partial charge is 0.123 e. The lowest BCUT2D eigenvalue weighted by Crippen LogP contribution is -1.77. The first kappa shape index (κ1) is 12.3. The third-order valence-corrected chi connectivity index (χ3v) is 3.24. The van der Waals surface area contributed by atoms with Crippen molar-refractivity contribution in [1.82, 2.24) is 0 Å². The number of rotatable bonds is 2. The molecule has 3 aromatic carbocycles. The number of benzene rings is 3. The van der Waals surface area contributed by atoms with E-state index >= 15 is 0 Å². The maximum atomic E-state index is 9.86. The zero-order valence-corrected chi connectivity index (χ0v) is 10.8. The van der Waals surface area contributed by atoms with Gasteiger partial charge in [0.15, 0.2) is 0 Å². The van der Waals surface area contributed by atoms with Crippen LogP contribution in [0.4, 0.5) is 0 Å². The molecule has 0 aliphatic heterocycles. The second-order valence-electron chi connectivity index (χ2n) is 4.68. The number of hydrogen-bond donors (Lipinski definition) is 2. The molecule has 0 aliphatic carbocycles. The molecule has 0 saturated carbocycles. The molecule has 3 aromatic rings. The molecule has 0 radical (unpaired) electrons. The molecule has 20 heavy (non-hydrogen) atoms. The molecule has 0 aliphatic rings. The van der Waals surface area contributed by atoms with Gasteiger partial charge in [0.1, 0.15) is 11.5 Å². The van der Waals surface area contributed by atoms with Crippen molar-refractivity contribution < 1.29 is 10.2 Å². The van der Waals surface area contributed by atoms with Crippen LogP contribution < -0.4 is 0 Å². The predicted octanol–water partition coefficient (Wildman–Crippen LogP) is 4.42. The Kier molecular flexibility index (Phi) is 3.13. The first-order valence-electron chi connectivity index (χ1n) is 6.41. The topological polar surface area (TPSA) is 40.5 Å². The summed E-state index contributed by atoms with van der Waals surface area (Å²) in [5.41, 5.74) is 2.03. The Morgan fingerprint density at radius 1 is 0.700 bits per heavy atom. The van der Waals surface area contributed by atoms with Crippen LogP contribution in [0.1, 0.15) is 11.1 Å². The highest BCUT2D eigenvalue weighted by Crippen LogP contribution is 2.26. The molecule has 0 unspecified atom stereocenters. The lowest BCUT2D eigenvalue weighted by molar-refractivity contribution is 0.475. The fourth-order valence-electron chi connectivity index (χ4n) is 2.16. The number of hydrogen-bond acceptors (Lipinski definition) is 2. The fraction of sp³-hybridized carbons (Fsp3) is 0. The van der Waals surface area contributed by atoms with Crippen LogP contribution in [0.15, 0.2) is 60.7 Å². The van der Waals surface area contributed by atoms with E-state index in [9.17, 15) is 10.2 Å². The first-order valence-corrected chi connectivity index (χ1v) is 6.41. The Balaban J connectivity index is 1.94. The van der Waals surface area contributed by atoms with E-state index in [1.165, 1.54) is 0 Å². The van der Waals surface area contributed by atoms with Gasteiger partial charge in [0.2, 0.25) is 0 Å². The minimum atomic E-state index is 0.262. The molecular formula is C18H14O2. The Hall–Kier alpha value is -2.74. The van der Waals surface area contributed by atoms with E-state index in [4.69, 9.17) is 0 Å². The van der Waals surface area contributed by atoms with E-state index in [1.54, 1.807) is 18.2 Å². The quantitative estimate of drug-likeness (QED) is 0.671. The summed E-state index contributed by atoms with van der Waals surface area (Å²) in [6.07, 6.45) is 3.96. The van der Waals surface area contributed by atoms with Gasteiger partial charge in [-0.05, 0) is 40.8 Å². The van der Waals surface area contributed by atoms with Crippen molar-refractivity contribution in [3.8, 4) is 11.5 Å². The van der Waals surface area contributed by atoms with Gasteiger partial charge in [0, 0.05) is 5.39 Å². The third kappa shape index (κ3) is 2.50. The number of phenolic OH excluding ortho intramolecular Hbond substituents is 2. The zero-order valence-electron chi connectivity index (χ0n) is 10.8. The van der Waals surface area contributed by atoms with Crippen LogP contribution in [-0.2, 0) is 0 Å². The summed E-state index contributed by atoms with van der Waals surface area (Å²) in [6.45, 7) is 0. The van der Waals surface area contributed by atoms with E-state index in [2.05, 4.69) is 0 Å². The molecule has 3 rings (SSSR count). The van der Waals surface area contributed by atoms with Crippen LogP contribution in [0.3, 0.4) is 0 Å². The molecule has 0 bridgehead atoms. The minimum Gasteiger partial charge on any atom is -0.508 e. The highest BCUT2D eigenvalue weighted by Gasteiger charge is 1.99. The molecule has 2 nitrogen and oxygen atoms in total. The van der Waals surface area contributed by atoms with Crippen LogP contribution in [-0.4, -0.2) is 10.2 Å². The molecular weight excluding hydrogens is 248 g/mol. The second kappa shape index (κ2) is 5.10. The maximum absolute atomic E-state index is 9.86. The van der Waals surface area contributed by atoms with E-state index in [0.29, 0.717) is 5.75 Å². The highest BCUT2D eigenvalue weighted by atomic mass is 16.3. The van der Waals surface area contributed by atoms with Gasteiger partial charge in [-0.3, -0.25) is 0 Å². The van der Waals surface area contributed by atoms with Crippen molar-refractivity contribution in [3.63, 3.8) is 0 Å². The van der Waals surface area contributed by atoms with Gasteiger partial charge in [-0.15, -0.1) is 0 Å². The van der Waals surface area contributed by atoms with Gasteiger partial charge in [-0.25, -0.2) is 0 Å². The summed E-state index contributed by atoms with van der Waals surface area (Å²) in [6, 6.07) is 18.5. The summed E-state index contributed by atoms with van der Waals surface area (Å²) < 4.78 is 0. The van der Waals surface area contributed by atoms with Crippen molar-refractivity contribution in [1.29, 1.82) is 0 Å². The Bertz CT molecular complexity index is 771. The normalized spacial score (nSPS) is 11.2.